The van der Waals surface area contributed by atoms with Crippen LogP contribution in [0.3, 0.4) is 0 Å². The molecule has 0 bridgehead atoms. The Bertz CT molecular complexity index is 2080. The Kier molecular flexibility index (Phi) is 5.82. The van der Waals surface area contributed by atoms with Crippen molar-refractivity contribution in [3.63, 3.8) is 0 Å². The Morgan fingerprint density at radius 2 is 0.929 bits per heavy atom. The molecular weight excluding hydrogens is 510 g/mol. The van der Waals surface area contributed by atoms with Gasteiger partial charge in [0.15, 0.2) is 0 Å². The fraction of sp³-hybridized carbons (Fsp3) is 0. The van der Waals surface area contributed by atoms with Crippen molar-refractivity contribution in [1.82, 2.24) is 0 Å². The zero-order valence-corrected chi connectivity index (χ0v) is 22.9. The molecule has 1 aromatic heterocycles. The summed E-state index contributed by atoms with van der Waals surface area (Å²) in [6.45, 7) is 0. The number of para-hydroxylation sites is 1. The Balaban J connectivity index is 1.28. The quantitative estimate of drug-likeness (QED) is 0.217. The molecule has 0 fully saturated rings. The summed E-state index contributed by atoms with van der Waals surface area (Å²) in [6, 6.07) is 58.0. The summed E-state index contributed by atoms with van der Waals surface area (Å²) in [6.07, 6.45) is 0. The lowest BCUT2D eigenvalue weighted by Crippen LogP contribution is -2.11. The number of benzene rings is 7. The number of anilines is 3. The summed E-state index contributed by atoms with van der Waals surface area (Å²) in [7, 11) is 0. The number of hydrogen-bond acceptors (Lipinski definition) is 2. The smallest absolute Gasteiger partial charge is 0.136 e. The van der Waals surface area contributed by atoms with Crippen LogP contribution in [0.4, 0.5) is 17.1 Å². The summed E-state index contributed by atoms with van der Waals surface area (Å²) in [5.74, 6) is 0.879. The van der Waals surface area contributed by atoms with Gasteiger partial charge in [-0.05, 0) is 58.3 Å². The van der Waals surface area contributed by atoms with Crippen LogP contribution in [-0.2, 0) is 0 Å². The van der Waals surface area contributed by atoms with Crippen molar-refractivity contribution in [2.45, 2.75) is 0 Å². The zero-order valence-electron chi connectivity index (χ0n) is 22.9. The van der Waals surface area contributed by atoms with Gasteiger partial charge in [-0.2, -0.15) is 0 Å². The molecule has 0 atom stereocenters. The summed E-state index contributed by atoms with van der Waals surface area (Å²) in [5.41, 5.74) is 7.68. The summed E-state index contributed by atoms with van der Waals surface area (Å²) in [4.78, 5) is 2.39. The molecule has 0 saturated heterocycles. The van der Waals surface area contributed by atoms with E-state index in [0.717, 1.165) is 50.5 Å². The number of hydrogen-bond donors (Lipinski definition) is 0. The summed E-state index contributed by atoms with van der Waals surface area (Å²) in [5, 5.41) is 5.98. The maximum Gasteiger partial charge on any atom is 0.136 e. The molecule has 0 N–H and O–H groups in total. The van der Waals surface area contributed by atoms with Crippen LogP contribution in [-0.4, -0.2) is 0 Å². The minimum Gasteiger partial charge on any atom is -0.456 e. The van der Waals surface area contributed by atoms with E-state index in [2.05, 4.69) is 150 Å². The highest BCUT2D eigenvalue weighted by molar-refractivity contribution is 6.04. The van der Waals surface area contributed by atoms with Crippen LogP contribution in [0.1, 0.15) is 0 Å². The third-order valence-electron chi connectivity index (χ3n) is 8.07. The van der Waals surface area contributed by atoms with Crippen LogP contribution in [0, 0.1) is 0 Å². The van der Waals surface area contributed by atoms with E-state index >= 15 is 0 Å². The zero-order chi connectivity index (χ0) is 27.9. The average molecular weight is 538 g/mol. The highest BCUT2D eigenvalue weighted by atomic mass is 16.3. The predicted octanol–water partition coefficient (Wildman–Crippen LogP) is 11.5. The molecule has 0 radical (unpaired) electrons. The molecule has 42 heavy (non-hydrogen) atoms. The van der Waals surface area contributed by atoms with E-state index in [1.54, 1.807) is 0 Å². The molecule has 2 nitrogen and oxygen atoms in total. The second kappa shape index (κ2) is 10.1. The maximum atomic E-state index is 6.27. The topological polar surface area (TPSA) is 16.4 Å². The van der Waals surface area contributed by atoms with E-state index in [9.17, 15) is 0 Å². The molecule has 0 aliphatic heterocycles. The molecule has 0 aliphatic carbocycles. The molecule has 0 saturated carbocycles. The van der Waals surface area contributed by atoms with Gasteiger partial charge < -0.3 is 9.32 Å². The second-order valence-corrected chi connectivity index (χ2v) is 10.6. The van der Waals surface area contributed by atoms with Crippen molar-refractivity contribution in [2.75, 3.05) is 4.90 Å². The summed E-state index contributed by atoms with van der Waals surface area (Å²) < 4.78 is 6.27. The lowest BCUT2D eigenvalue weighted by Gasteiger charge is -2.28. The van der Waals surface area contributed by atoms with Gasteiger partial charge in [0.05, 0.1) is 11.4 Å². The van der Waals surface area contributed by atoms with Crippen LogP contribution in [0.15, 0.2) is 168 Å². The third kappa shape index (κ3) is 4.13. The number of furan rings is 1. The van der Waals surface area contributed by atoms with Crippen molar-refractivity contribution in [3.05, 3.63) is 164 Å². The second-order valence-electron chi connectivity index (χ2n) is 10.6. The van der Waals surface area contributed by atoms with E-state index in [0.29, 0.717) is 0 Å². The van der Waals surface area contributed by atoms with E-state index < -0.39 is 0 Å². The van der Waals surface area contributed by atoms with E-state index in [-0.39, 0.29) is 0 Å². The molecule has 7 aromatic carbocycles. The van der Waals surface area contributed by atoms with E-state index in [1.807, 2.05) is 18.2 Å². The van der Waals surface area contributed by atoms with Gasteiger partial charge in [-0.25, -0.2) is 0 Å². The molecule has 8 aromatic rings. The van der Waals surface area contributed by atoms with Crippen LogP contribution < -0.4 is 4.90 Å². The minimum absolute atomic E-state index is 0.879. The molecular formula is C40H27NO. The minimum atomic E-state index is 0.879. The lowest BCUT2D eigenvalue weighted by molar-refractivity contribution is 0.632. The first-order valence-corrected chi connectivity index (χ1v) is 14.3. The highest BCUT2D eigenvalue weighted by Crippen LogP contribution is 2.43. The van der Waals surface area contributed by atoms with Crippen LogP contribution in [0.2, 0.25) is 0 Å². The lowest BCUT2D eigenvalue weighted by atomic mass is 9.97. The molecule has 0 aliphatic rings. The van der Waals surface area contributed by atoms with Crippen LogP contribution in [0.25, 0.3) is 55.0 Å². The van der Waals surface area contributed by atoms with Crippen molar-refractivity contribution in [2.24, 2.45) is 0 Å². The third-order valence-corrected chi connectivity index (χ3v) is 8.07. The average Bonchev–Trinajstić information content (AvgIpc) is 3.50. The Hall–Kier alpha value is -5.60. The van der Waals surface area contributed by atoms with Crippen LogP contribution in [0.5, 0.6) is 0 Å². The molecule has 0 amide bonds. The van der Waals surface area contributed by atoms with Gasteiger partial charge in [0.2, 0.25) is 0 Å². The molecule has 198 valence electrons. The fourth-order valence-electron chi connectivity index (χ4n) is 6.07. The first-order chi connectivity index (χ1) is 20.8. The predicted molar refractivity (Wildman–Crippen MR) is 177 cm³/mol. The number of rotatable bonds is 5. The first kappa shape index (κ1) is 24.2. The van der Waals surface area contributed by atoms with Crippen LogP contribution >= 0.6 is 0 Å². The van der Waals surface area contributed by atoms with Gasteiger partial charge in [-0.3, -0.25) is 0 Å². The normalized spacial score (nSPS) is 11.3. The maximum absolute atomic E-state index is 6.27. The standard InChI is InChI=1S/C40H27NO/c1-4-17-34-28(11-1)14-9-20-37(34)41(38-21-10-15-29-12-2-5-18-35(29)38)32-25-23-30(24-26-32)33-16-6-7-19-36(33)40-27-31-13-3-8-22-39(31)42-40/h1-27H. The Morgan fingerprint density at radius 1 is 0.405 bits per heavy atom. The van der Waals surface area contributed by atoms with Gasteiger partial charge >= 0.3 is 0 Å². The first-order valence-electron chi connectivity index (χ1n) is 14.3. The number of nitrogens with zero attached hydrogens (tertiary/aromatic N) is 1. The van der Waals surface area contributed by atoms with E-state index in [4.69, 9.17) is 4.42 Å². The van der Waals surface area contributed by atoms with Gasteiger partial charge in [-0.15, -0.1) is 0 Å². The van der Waals surface area contributed by atoms with Crippen molar-refractivity contribution in [1.29, 1.82) is 0 Å². The van der Waals surface area contributed by atoms with Crippen molar-refractivity contribution in [3.8, 4) is 22.5 Å². The molecule has 0 unspecified atom stereocenters. The van der Waals surface area contributed by atoms with Gasteiger partial charge in [-0.1, -0.05) is 127 Å². The monoisotopic (exact) mass is 537 g/mol. The molecule has 8 rings (SSSR count). The fourth-order valence-corrected chi connectivity index (χ4v) is 6.07. The Morgan fingerprint density at radius 3 is 1.57 bits per heavy atom. The largest absolute Gasteiger partial charge is 0.456 e. The Labute approximate surface area is 244 Å². The SMILES string of the molecule is c1ccc(-c2cc3ccccc3o2)c(-c2ccc(N(c3cccc4ccccc34)c3cccc4ccccc34)cc2)c1. The van der Waals surface area contributed by atoms with E-state index in [1.165, 1.54) is 21.5 Å². The van der Waals surface area contributed by atoms with Gasteiger partial charge in [0.1, 0.15) is 11.3 Å². The van der Waals surface area contributed by atoms with Crippen molar-refractivity contribution < 1.29 is 4.42 Å². The molecule has 1 heterocycles. The summed E-state index contributed by atoms with van der Waals surface area (Å²) >= 11 is 0. The van der Waals surface area contributed by atoms with Gasteiger partial charge in [0.25, 0.3) is 0 Å². The molecule has 2 heteroatoms. The molecule has 0 spiro atoms. The van der Waals surface area contributed by atoms with Gasteiger partial charge in [0, 0.05) is 27.4 Å². The number of fused-ring (bicyclic) bond motifs is 3. The van der Waals surface area contributed by atoms with Crippen molar-refractivity contribution >= 4 is 49.6 Å². The highest BCUT2D eigenvalue weighted by Gasteiger charge is 2.18.